The van der Waals surface area contributed by atoms with Gasteiger partial charge >= 0.3 is 0 Å². The van der Waals surface area contributed by atoms with Gasteiger partial charge in [0.2, 0.25) is 10.0 Å². The average molecular weight is 450 g/mol. The molecule has 1 aromatic rings. The van der Waals surface area contributed by atoms with E-state index in [1.54, 1.807) is 12.1 Å². The summed E-state index contributed by atoms with van der Waals surface area (Å²) in [5.74, 6) is 0.770. The molecule has 1 aliphatic rings. The fraction of sp³-hybridized carbons (Fsp3) is 0.400. The minimum absolute atomic E-state index is 0. The fourth-order valence-corrected chi connectivity index (χ4v) is 2.72. The van der Waals surface area contributed by atoms with E-state index in [0.29, 0.717) is 12.6 Å². The number of benzene rings is 1. The first-order valence-electron chi connectivity index (χ1n) is 7.30. The number of rotatable bonds is 5. The standard InChI is InChI=1S/C15H22N4O2S.HI/c1-2-17-15(19-13-5-3-4-6-13)18-11-12-7-9-14(10-8-12)22(16,20)21;/h3-4,7-10,13H,2,5-6,11H2,1H3,(H2,16,20,21)(H2,17,18,19);1H. The van der Waals surface area contributed by atoms with Gasteiger partial charge in [-0.2, -0.15) is 0 Å². The number of halogens is 1. The van der Waals surface area contributed by atoms with Gasteiger partial charge in [0.25, 0.3) is 0 Å². The number of hydrogen-bond acceptors (Lipinski definition) is 3. The Hall–Kier alpha value is -1.13. The summed E-state index contributed by atoms with van der Waals surface area (Å²) in [6.45, 7) is 3.28. The van der Waals surface area contributed by atoms with Crippen LogP contribution >= 0.6 is 24.0 Å². The highest BCUT2D eigenvalue weighted by Crippen LogP contribution is 2.11. The third kappa shape index (κ3) is 6.48. The molecule has 0 bridgehead atoms. The highest BCUT2D eigenvalue weighted by atomic mass is 127. The van der Waals surface area contributed by atoms with E-state index in [9.17, 15) is 8.42 Å². The molecular weight excluding hydrogens is 427 g/mol. The second-order valence-corrected chi connectivity index (χ2v) is 6.73. The number of sulfonamides is 1. The van der Waals surface area contributed by atoms with Crippen LogP contribution in [0.5, 0.6) is 0 Å². The molecule has 6 nitrogen and oxygen atoms in total. The maximum Gasteiger partial charge on any atom is 0.238 e. The Morgan fingerprint density at radius 2 is 1.87 bits per heavy atom. The number of aliphatic imine (C=N–C) groups is 1. The van der Waals surface area contributed by atoms with Gasteiger partial charge in [-0.1, -0.05) is 24.3 Å². The van der Waals surface area contributed by atoms with Gasteiger partial charge in [0.1, 0.15) is 0 Å². The topological polar surface area (TPSA) is 96.6 Å². The van der Waals surface area contributed by atoms with Crippen LogP contribution in [0.3, 0.4) is 0 Å². The summed E-state index contributed by atoms with van der Waals surface area (Å²) >= 11 is 0. The smallest absolute Gasteiger partial charge is 0.238 e. The lowest BCUT2D eigenvalue weighted by Gasteiger charge is -2.16. The number of guanidine groups is 1. The predicted octanol–water partition coefficient (Wildman–Crippen LogP) is 1.73. The van der Waals surface area contributed by atoms with Crippen molar-refractivity contribution in [2.75, 3.05) is 6.54 Å². The van der Waals surface area contributed by atoms with E-state index >= 15 is 0 Å². The Kier molecular flexibility index (Phi) is 8.00. The number of nitrogens with one attached hydrogen (secondary N) is 2. The van der Waals surface area contributed by atoms with E-state index in [-0.39, 0.29) is 28.9 Å². The molecule has 1 aliphatic carbocycles. The molecule has 1 aromatic carbocycles. The van der Waals surface area contributed by atoms with Gasteiger partial charge in [0.15, 0.2) is 5.96 Å². The Balaban J connectivity index is 0.00000264. The highest BCUT2D eigenvalue weighted by molar-refractivity contribution is 14.0. The summed E-state index contributed by atoms with van der Waals surface area (Å²) < 4.78 is 22.4. The first-order chi connectivity index (χ1) is 10.5. The third-order valence-corrected chi connectivity index (χ3v) is 4.29. The van der Waals surface area contributed by atoms with Crippen LogP contribution in [-0.2, 0) is 16.6 Å². The molecule has 0 saturated heterocycles. The quantitative estimate of drug-likeness (QED) is 0.276. The van der Waals surface area contributed by atoms with Crippen molar-refractivity contribution < 1.29 is 8.42 Å². The van der Waals surface area contributed by atoms with E-state index in [2.05, 4.69) is 27.8 Å². The molecule has 128 valence electrons. The lowest BCUT2D eigenvalue weighted by atomic mass is 10.2. The molecule has 23 heavy (non-hydrogen) atoms. The lowest BCUT2D eigenvalue weighted by molar-refractivity contribution is 0.597. The summed E-state index contributed by atoms with van der Waals surface area (Å²) in [5, 5.41) is 11.7. The van der Waals surface area contributed by atoms with E-state index in [4.69, 9.17) is 5.14 Å². The predicted molar refractivity (Wildman–Crippen MR) is 103 cm³/mol. The number of primary sulfonamides is 1. The van der Waals surface area contributed by atoms with Crippen molar-refractivity contribution in [3.05, 3.63) is 42.0 Å². The monoisotopic (exact) mass is 450 g/mol. The molecule has 4 N–H and O–H groups in total. The zero-order chi connectivity index (χ0) is 16.0. The summed E-state index contributed by atoms with van der Waals surface area (Å²) in [7, 11) is -3.64. The van der Waals surface area contributed by atoms with Crippen LogP contribution in [0.1, 0.15) is 25.3 Å². The second-order valence-electron chi connectivity index (χ2n) is 5.17. The van der Waals surface area contributed by atoms with Crippen molar-refractivity contribution in [1.82, 2.24) is 10.6 Å². The van der Waals surface area contributed by atoms with Crippen LogP contribution < -0.4 is 15.8 Å². The lowest BCUT2D eigenvalue weighted by Crippen LogP contribution is -2.42. The second kappa shape index (κ2) is 9.24. The zero-order valence-corrected chi connectivity index (χ0v) is 16.2. The van der Waals surface area contributed by atoms with Gasteiger partial charge in [-0.25, -0.2) is 18.5 Å². The van der Waals surface area contributed by atoms with E-state index in [1.807, 2.05) is 6.92 Å². The van der Waals surface area contributed by atoms with Crippen LogP contribution in [0, 0.1) is 0 Å². The summed E-state index contributed by atoms with van der Waals surface area (Å²) in [5.41, 5.74) is 0.925. The van der Waals surface area contributed by atoms with E-state index in [0.717, 1.165) is 30.9 Å². The van der Waals surface area contributed by atoms with Crippen molar-refractivity contribution in [3.63, 3.8) is 0 Å². The molecule has 0 heterocycles. The third-order valence-electron chi connectivity index (χ3n) is 3.36. The van der Waals surface area contributed by atoms with Gasteiger partial charge in [-0.3, -0.25) is 0 Å². The first kappa shape index (κ1) is 19.9. The number of nitrogens with zero attached hydrogens (tertiary/aromatic N) is 1. The van der Waals surface area contributed by atoms with Gasteiger partial charge in [0, 0.05) is 12.6 Å². The molecule has 0 amide bonds. The van der Waals surface area contributed by atoms with Crippen LogP contribution in [0.25, 0.3) is 0 Å². The maximum atomic E-state index is 11.2. The Bertz CT molecular complexity index is 649. The summed E-state index contributed by atoms with van der Waals surface area (Å²) in [6.07, 6.45) is 6.33. The van der Waals surface area contributed by atoms with E-state index in [1.165, 1.54) is 12.1 Å². The van der Waals surface area contributed by atoms with Gasteiger partial charge < -0.3 is 10.6 Å². The highest BCUT2D eigenvalue weighted by Gasteiger charge is 2.11. The molecule has 0 aliphatic heterocycles. The van der Waals surface area contributed by atoms with Crippen molar-refractivity contribution in [2.24, 2.45) is 10.1 Å². The maximum absolute atomic E-state index is 11.2. The van der Waals surface area contributed by atoms with Crippen molar-refractivity contribution in [2.45, 2.75) is 37.2 Å². The minimum atomic E-state index is -3.64. The SMILES string of the molecule is CCNC(=NCc1ccc(S(N)(=O)=O)cc1)NC1CC=CC1.I. The molecule has 0 fully saturated rings. The van der Waals surface area contributed by atoms with Crippen molar-refractivity contribution >= 4 is 40.0 Å². The largest absolute Gasteiger partial charge is 0.357 e. The van der Waals surface area contributed by atoms with Crippen LogP contribution in [-0.4, -0.2) is 27.0 Å². The van der Waals surface area contributed by atoms with Crippen molar-refractivity contribution in [1.29, 1.82) is 0 Å². The van der Waals surface area contributed by atoms with Gasteiger partial charge in [-0.15, -0.1) is 24.0 Å². The summed E-state index contributed by atoms with van der Waals surface area (Å²) in [4.78, 5) is 4.64. The molecule has 0 aromatic heterocycles. The molecule has 0 unspecified atom stereocenters. The summed E-state index contributed by atoms with van der Waals surface area (Å²) in [6, 6.07) is 6.85. The Labute approximate surface area is 154 Å². The molecule has 0 radical (unpaired) electrons. The number of nitrogens with two attached hydrogens (primary N) is 1. The normalized spacial score (nSPS) is 15.3. The zero-order valence-electron chi connectivity index (χ0n) is 13.0. The number of hydrogen-bond donors (Lipinski definition) is 3. The van der Waals surface area contributed by atoms with E-state index < -0.39 is 10.0 Å². The van der Waals surface area contributed by atoms with Crippen LogP contribution in [0.15, 0.2) is 46.3 Å². The first-order valence-corrected chi connectivity index (χ1v) is 8.85. The Morgan fingerprint density at radius 3 is 2.39 bits per heavy atom. The molecule has 0 spiro atoms. The Morgan fingerprint density at radius 1 is 1.26 bits per heavy atom. The van der Waals surface area contributed by atoms with Gasteiger partial charge in [0.05, 0.1) is 11.4 Å². The van der Waals surface area contributed by atoms with Crippen LogP contribution in [0.4, 0.5) is 0 Å². The minimum Gasteiger partial charge on any atom is -0.357 e. The molecule has 0 atom stereocenters. The molecule has 8 heteroatoms. The molecular formula is C15H23IN4O2S. The fourth-order valence-electron chi connectivity index (χ4n) is 2.20. The molecule has 2 rings (SSSR count). The van der Waals surface area contributed by atoms with Gasteiger partial charge in [-0.05, 0) is 37.5 Å². The van der Waals surface area contributed by atoms with Crippen molar-refractivity contribution in [3.8, 4) is 0 Å². The van der Waals surface area contributed by atoms with Crippen LogP contribution in [0.2, 0.25) is 0 Å². The average Bonchev–Trinajstić information content (AvgIpc) is 2.97. The molecule has 0 saturated carbocycles.